The van der Waals surface area contributed by atoms with E-state index in [1.165, 1.54) is 89.0 Å². The van der Waals surface area contributed by atoms with Crippen molar-refractivity contribution in [1.29, 1.82) is 0 Å². The number of aliphatic carboxylic acids is 1. The normalized spacial score (nSPS) is 35.2. The number of hydrogen-bond acceptors (Lipinski definition) is 5. The second kappa shape index (κ2) is 20.8. The molecule has 4 saturated carbocycles. The molecule has 60 heavy (non-hydrogen) atoms. The van der Waals surface area contributed by atoms with Gasteiger partial charge >= 0.3 is 17.9 Å². The average molecular weight is 837 g/mol. The first-order chi connectivity index (χ1) is 28.4. The highest BCUT2D eigenvalue weighted by atomic mass is 16.6. The van der Waals surface area contributed by atoms with Crippen LogP contribution in [0, 0.1) is 50.2 Å². The van der Waals surface area contributed by atoms with E-state index in [0.717, 1.165) is 83.5 Å². The van der Waals surface area contributed by atoms with Gasteiger partial charge in [0.1, 0.15) is 12.2 Å². The molecule has 5 rings (SSSR count). The van der Waals surface area contributed by atoms with Crippen molar-refractivity contribution in [1.82, 2.24) is 0 Å². The van der Waals surface area contributed by atoms with E-state index < -0.39 is 23.6 Å². The largest absolute Gasteiger partial charge is 0.481 e. The molecule has 0 saturated heterocycles. The molecule has 0 heterocycles. The minimum absolute atomic E-state index is 0.0186. The van der Waals surface area contributed by atoms with Crippen LogP contribution in [0.3, 0.4) is 0 Å². The maximum Gasteiger partial charge on any atom is 0.310 e. The third kappa shape index (κ3) is 10.4. The lowest BCUT2D eigenvalue weighted by Gasteiger charge is -2.71. The Labute approximate surface area is 368 Å². The van der Waals surface area contributed by atoms with Gasteiger partial charge in [-0.05, 0) is 110 Å². The third-order valence-corrected chi connectivity index (χ3v) is 18.4. The van der Waals surface area contributed by atoms with Crippen molar-refractivity contribution in [2.24, 2.45) is 50.2 Å². The van der Waals surface area contributed by atoms with Gasteiger partial charge in [0.15, 0.2) is 0 Å². The smallest absolute Gasteiger partial charge is 0.310 e. The number of fused-ring (bicyclic) bond motifs is 7. The Kier molecular flexibility index (Phi) is 17.0. The maximum absolute atomic E-state index is 13.8. The lowest BCUT2D eigenvalue weighted by molar-refractivity contribution is -0.245. The molecule has 0 aromatic carbocycles. The molecule has 1 N–H and O–H groups in total. The minimum Gasteiger partial charge on any atom is -0.481 e. The summed E-state index contributed by atoms with van der Waals surface area (Å²) in [5.74, 6) is -0.147. The Morgan fingerprint density at radius 1 is 0.617 bits per heavy atom. The number of ether oxygens (including phenoxy) is 2. The zero-order valence-corrected chi connectivity index (χ0v) is 40.5. The van der Waals surface area contributed by atoms with Crippen molar-refractivity contribution in [3.05, 3.63) is 11.6 Å². The number of carboxylic acids is 1. The molecule has 0 aromatic heterocycles. The van der Waals surface area contributed by atoms with Gasteiger partial charge in [-0.1, -0.05) is 177 Å². The molecule has 4 fully saturated rings. The van der Waals surface area contributed by atoms with Crippen LogP contribution in [0.5, 0.6) is 0 Å². The molecule has 5 aliphatic carbocycles. The standard InChI is InChI=1S/C54H92O6/c1-10-12-14-16-18-20-22-24-26-28-45(55)59-42-39-51(7)43(50(5,6)47(42)60-46(56)29-27-25-23-21-19-17-15-13-11-2)32-33-53(9)44(51)31-30-40-41-38-49(3,4)34-36-54(41,48(57)58)37-35-52(40,53)8/h30,41-44,47H,10-29,31-39H2,1-9H3,(H,57,58)/t41-,42+,43-,44+,47-,51-,52+,53+,54-/m0/s1. The van der Waals surface area contributed by atoms with Crippen LogP contribution >= 0.6 is 0 Å². The van der Waals surface area contributed by atoms with Gasteiger partial charge in [0.2, 0.25) is 0 Å². The summed E-state index contributed by atoms with van der Waals surface area (Å²) in [7, 11) is 0. The predicted molar refractivity (Wildman–Crippen MR) is 246 cm³/mol. The number of carbonyl (C=O) groups excluding carboxylic acids is 2. The van der Waals surface area contributed by atoms with Gasteiger partial charge in [-0.2, -0.15) is 0 Å². The minimum atomic E-state index is -0.655. The Morgan fingerprint density at radius 2 is 1.12 bits per heavy atom. The first-order valence-corrected chi connectivity index (χ1v) is 25.7. The first-order valence-electron chi connectivity index (χ1n) is 25.7. The van der Waals surface area contributed by atoms with Crippen LogP contribution < -0.4 is 0 Å². The molecule has 5 aliphatic rings. The number of esters is 2. The number of carboxylic acid groups (broad SMARTS) is 1. The van der Waals surface area contributed by atoms with E-state index in [-0.39, 0.29) is 44.9 Å². The van der Waals surface area contributed by atoms with Crippen LogP contribution in [-0.2, 0) is 23.9 Å². The van der Waals surface area contributed by atoms with E-state index >= 15 is 0 Å². The van der Waals surface area contributed by atoms with E-state index in [1.807, 2.05) is 0 Å². The van der Waals surface area contributed by atoms with Gasteiger partial charge < -0.3 is 14.6 Å². The molecule has 0 spiro atoms. The summed E-state index contributed by atoms with van der Waals surface area (Å²) in [5, 5.41) is 10.8. The molecule has 0 radical (unpaired) electrons. The molecule has 0 amide bonds. The van der Waals surface area contributed by atoms with E-state index in [9.17, 15) is 19.5 Å². The first kappa shape index (κ1) is 49.2. The van der Waals surface area contributed by atoms with Crippen molar-refractivity contribution in [3.63, 3.8) is 0 Å². The van der Waals surface area contributed by atoms with Gasteiger partial charge in [-0.15, -0.1) is 0 Å². The molecular formula is C54H92O6. The Balaban J connectivity index is 1.33. The van der Waals surface area contributed by atoms with Crippen molar-refractivity contribution >= 4 is 17.9 Å². The highest BCUT2D eigenvalue weighted by molar-refractivity contribution is 5.76. The number of hydrogen-bond donors (Lipinski definition) is 1. The van der Waals surface area contributed by atoms with Crippen LogP contribution in [0.25, 0.3) is 0 Å². The van der Waals surface area contributed by atoms with Crippen molar-refractivity contribution in [3.8, 4) is 0 Å². The van der Waals surface area contributed by atoms with Gasteiger partial charge in [0.05, 0.1) is 5.41 Å². The Bertz CT molecular complexity index is 1460. The summed E-state index contributed by atoms with van der Waals surface area (Å²) in [4.78, 5) is 40.7. The fraction of sp³-hybridized carbons (Fsp3) is 0.907. The van der Waals surface area contributed by atoms with E-state index in [2.05, 4.69) is 68.4 Å². The van der Waals surface area contributed by atoms with Crippen LogP contribution in [-0.4, -0.2) is 35.2 Å². The van der Waals surface area contributed by atoms with Crippen LogP contribution in [0.4, 0.5) is 0 Å². The fourth-order valence-corrected chi connectivity index (χ4v) is 14.6. The third-order valence-electron chi connectivity index (χ3n) is 18.4. The monoisotopic (exact) mass is 837 g/mol. The summed E-state index contributed by atoms with van der Waals surface area (Å²) < 4.78 is 13.2. The Morgan fingerprint density at radius 3 is 1.65 bits per heavy atom. The number of carbonyl (C=O) groups is 3. The molecular weight excluding hydrogens is 745 g/mol. The van der Waals surface area contributed by atoms with E-state index in [1.54, 1.807) is 0 Å². The summed E-state index contributed by atoms with van der Waals surface area (Å²) in [6, 6.07) is 0. The molecule has 0 unspecified atom stereocenters. The van der Waals surface area contributed by atoms with Crippen LogP contribution in [0.2, 0.25) is 0 Å². The summed E-state index contributed by atoms with van der Waals surface area (Å²) in [5.41, 5.74) is 0.278. The number of allylic oxidation sites excluding steroid dienone is 2. The number of rotatable bonds is 23. The zero-order valence-electron chi connectivity index (χ0n) is 40.5. The van der Waals surface area contributed by atoms with Gasteiger partial charge in [-0.3, -0.25) is 14.4 Å². The summed E-state index contributed by atoms with van der Waals surface area (Å²) >= 11 is 0. The van der Waals surface area contributed by atoms with Crippen molar-refractivity contribution < 1.29 is 29.0 Å². The van der Waals surface area contributed by atoms with Gasteiger partial charge in [0, 0.05) is 18.3 Å². The SMILES string of the molecule is CCCCCCCCCCCC(=O)O[C@@H]1C[C@]2(C)[C@H]3CC=C4[C@@H]5CC(C)(C)CC[C@]5(C(=O)O)CC[C@@]4(C)[C@]3(C)CC[C@H]2C(C)(C)[C@H]1OC(=O)CCCCCCCCCCC. The predicted octanol–water partition coefficient (Wildman–Crippen LogP) is 15.1. The highest BCUT2D eigenvalue weighted by Crippen LogP contribution is 2.76. The zero-order chi connectivity index (χ0) is 43.8. The van der Waals surface area contributed by atoms with Crippen molar-refractivity contribution in [2.45, 2.75) is 261 Å². The van der Waals surface area contributed by atoms with Crippen LogP contribution in [0.15, 0.2) is 11.6 Å². The van der Waals surface area contributed by atoms with E-state index in [4.69, 9.17) is 9.47 Å². The average Bonchev–Trinajstić information content (AvgIpc) is 3.18. The summed E-state index contributed by atoms with van der Waals surface area (Å²) in [6.45, 7) is 21.3. The van der Waals surface area contributed by atoms with E-state index in [0.29, 0.717) is 31.1 Å². The lowest BCUT2D eigenvalue weighted by Crippen LogP contribution is -2.67. The second-order valence-corrected chi connectivity index (χ2v) is 23.3. The summed E-state index contributed by atoms with van der Waals surface area (Å²) in [6.07, 6.45) is 32.1. The fourth-order valence-electron chi connectivity index (χ4n) is 14.6. The van der Waals surface area contributed by atoms with Gasteiger partial charge in [-0.25, -0.2) is 0 Å². The van der Waals surface area contributed by atoms with Crippen molar-refractivity contribution in [2.75, 3.05) is 0 Å². The topological polar surface area (TPSA) is 89.9 Å². The second-order valence-electron chi connectivity index (χ2n) is 23.3. The highest BCUT2D eigenvalue weighted by Gasteiger charge is 2.71. The maximum atomic E-state index is 13.8. The molecule has 0 aliphatic heterocycles. The molecule has 9 atom stereocenters. The van der Waals surface area contributed by atoms with Gasteiger partial charge in [0.25, 0.3) is 0 Å². The molecule has 344 valence electrons. The molecule has 6 nitrogen and oxygen atoms in total. The molecule has 0 aromatic rings. The Hall–Kier alpha value is -1.85. The quantitative estimate of drug-likeness (QED) is 0.0626. The molecule has 6 heteroatoms. The lowest BCUT2D eigenvalue weighted by atomic mass is 9.33. The molecule has 0 bridgehead atoms. The number of unbranched alkanes of at least 4 members (excludes halogenated alkanes) is 16. The van der Waals surface area contributed by atoms with Crippen LogP contribution in [0.1, 0.15) is 249 Å².